The molecule has 0 radical (unpaired) electrons. The Bertz CT molecular complexity index is 521. The summed E-state index contributed by atoms with van der Waals surface area (Å²) >= 11 is 0. The van der Waals surface area contributed by atoms with Crippen molar-refractivity contribution in [2.24, 2.45) is 5.41 Å². The number of hydrogen-bond donors (Lipinski definition) is 1. The molecule has 0 bridgehead atoms. The minimum atomic E-state index is -0.205. The minimum absolute atomic E-state index is 0.205. The molecule has 1 atom stereocenters. The number of carbonyl (C=O) groups is 1. The summed E-state index contributed by atoms with van der Waals surface area (Å²) < 4.78 is 5.23. The second-order valence-electron chi connectivity index (χ2n) is 6.86. The fraction of sp³-hybridized carbons (Fsp3) is 0.750. The summed E-state index contributed by atoms with van der Waals surface area (Å²) in [4.78, 5) is 17.1. The van der Waals surface area contributed by atoms with E-state index in [4.69, 9.17) is 4.52 Å². The first kappa shape index (κ1) is 15.5. The zero-order valence-corrected chi connectivity index (χ0v) is 13.8. The fourth-order valence-electron chi connectivity index (χ4n) is 3.44. The van der Waals surface area contributed by atoms with Crippen LogP contribution in [-0.4, -0.2) is 60.1 Å². The quantitative estimate of drug-likeness (QED) is 0.900. The van der Waals surface area contributed by atoms with Crippen LogP contribution in [0.4, 0.5) is 0 Å². The third kappa shape index (κ3) is 2.90. The lowest BCUT2D eigenvalue weighted by Crippen LogP contribution is -2.52. The maximum absolute atomic E-state index is 12.7. The number of amides is 1. The van der Waals surface area contributed by atoms with Gasteiger partial charge >= 0.3 is 0 Å². The Balaban J connectivity index is 1.55. The molecule has 3 rings (SSSR count). The predicted molar refractivity (Wildman–Crippen MR) is 83.4 cm³/mol. The summed E-state index contributed by atoms with van der Waals surface area (Å²) in [7, 11) is 0. The molecule has 1 N–H and O–H groups in total. The molecule has 1 aromatic rings. The molecule has 1 unspecified atom stereocenters. The van der Waals surface area contributed by atoms with Crippen LogP contribution in [0.15, 0.2) is 4.52 Å². The second-order valence-corrected chi connectivity index (χ2v) is 6.86. The van der Waals surface area contributed by atoms with Gasteiger partial charge in [0.1, 0.15) is 5.76 Å². The van der Waals surface area contributed by atoms with Crippen molar-refractivity contribution in [1.29, 1.82) is 0 Å². The van der Waals surface area contributed by atoms with Gasteiger partial charge in [-0.05, 0) is 33.7 Å². The first-order chi connectivity index (χ1) is 10.5. The molecule has 1 aromatic heterocycles. The van der Waals surface area contributed by atoms with Crippen molar-refractivity contribution < 1.29 is 9.32 Å². The minimum Gasteiger partial charge on any atom is -0.361 e. The highest BCUT2D eigenvalue weighted by Crippen LogP contribution is 2.28. The number of aromatic nitrogens is 1. The Labute approximate surface area is 131 Å². The number of aryl methyl sites for hydroxylation is 2. The van der Waals surface area contributed by atoms with E-state index in [-0.39, 0.29) is 5.41 Å². The van der Waals surface area contributed by atoms with Gasteiger partial charge in [0.05, 0.1) is 11.1 Å². The molecule has 0 aliphatic carbocycles. The first-order valence-electron chi connectivity index (χ1n) is 8.14. The van der Waals surface area contributed by atoms with Gasteiger partial charge in [0, 0.05) is 44.8 Å². The monoisotopic (exact) mass is 306 g/mol. The van der Waals surface area contributed by atoms with E-state index < -0.39 is 0 Å². The van der Waals surface area contributed by atoms with Crippen molar-refractivity contribution in [3.63, 3.8) is 0 Å². The summed E-state index contributed by atoms with van der Waals surface area (Å²) in [6.07, 6.45) is 0.950. The molecule has 22 heavy (non-hydrogen) atoms. The number of carbonyl (C=O) groups excluding carboxylic acids is 1. The van der Waals surface area contributed by atoms with Gasteiger partial charge in [0.2, 0.25) is 5.91 Å². The third-order valence-corrected chi connectivity index (χ3v) is 5.11. The van der Waals surface area contributed by atoms with Crippen molar-refractivity contribution in [2.45, 2.75) is 33.7 Å². The standard InChI is InChI=1S/C16H26N4O2/c1-12-14(13(2)22-18-12)10-19-6-8-20(9-7-19)15(21)16(3)4-5-17-11-16/h17H,4-11H2,1-3H3. The molecule has 122 valence electrons. The Morgan fingerprint density at radius 3 is 2.59 bits per heavy atom. The summed E-state index contributed by atoms with van der Waals surface area (Å²) in [5.74, 6) is 1.22. The van der Waals surface area contributed by atoms with Gasteiger partial charge in [-0.3, -0.25) is 9.69 Å². The lowest BCUT2D eigenvalue weighted by Gasteiger charge is -2.38. The summed E-state index contributed by atoms with van der Waals surface area (Å²) in [5, 5.41) is 7.32. The van der Waals surface area contributed by atoms with Crippen LogP contribution >= 0.6 is 0 Å². The number of piperazine rings is 1. The number of rotatable bonds is 3. The van der Waals surface area contributed by atoms with Crippen molar-refractivity contribution >= 4 is 5.91 Å². The van der Waals surface area contributed by atoms with Gasteiger partial charge in [0.15, 0.2) is 0 Å². The van der Waals surface area contributed by atoms with E-state index in [1.165, 1.54) is 5.56 Å². The Kier molecular flexibility index (Phi) is 4.23. The molecule has 3 heterocycles. The molecule has 1 amide bonds. The topological polar surface area (TPSA) is 61.6 Å². The van der Waals surface area contributed by atoms with Crippen LogP contribution in [0.1, 0.15) is 30.4 Å². The van der Waals surface area contributed by atoms with E-state index in [1.54, 1.807) is 0 Å². The molecule has 0 spiro atoms. The Morgan fingerprint density at radius 1 is 1.32 bits per heavy atom. The van der Waals surface area contributed by atoms with Gasteiger partial charge in [-0.25, -0.2) is 0 Å². The zero-order chi connectivity index (χ0) is 15.7. The highest BCUT2D eigenvalue weighted by molar-refractivity contribution is 5.83. The number of nitrogens with one attached hydrogen (secondary N) is 1. The van der Waals surface area contributed by atoms with Crippen LogP contribution in [0.3, 0.4) is 0 Å². The van der Waals surface area contributed by atoms with Crippen LogP contribution in [0.2, 0.25) is 0 Å². The zero-order valence-electron chi connectivity index (χ0n) is 13.8. The smallest absolute Gasteiger partial charge is 0.229 e. The maximum atomic E-state index is 12.7. The molecule has 6 heteroatoms. The van der Waals surface area contributed by atoms with Gasteiger partial charge in [-0.2, -0.15) is 0 Å². The van der Waals surface area contributed by atoms with Crippen LogP contribution in [-0.2, 0) is 11.3 Å². The number of nitrogens with zero attached hydrogens (tertiary/aromatic N) is 3. The maximum Gasteiger partial charge on any atom is 0.229 e. The molecular weight excluding hydrogens is 280 g/mol. The Morgan fingerprint density at radius 2 is 2.05 bits per heavy atom. The largest absolute Gasteiger partial charge is 0.361 e. The van der Waals surface area contributed by atoms with Crippen molar-refractivity contribution in [2.75, 3.05) is 39.3 Å². The molecule has 2 fully saturated rings. The van der Waals surface area contributed by atoms with Gasteiger partial charge in [-0.15, -0.1) is 0 Å². The van der Waals surface area contributed by atoms with E-state index in [9.17, 15) is 4.79 Å². The van der Waals surface area contributed by atoms with Crippen LogP contribution in [0, 0.1) is 19.3 Å². The molecule has 0 aromatic carbocycles. The third-order valence-electron chi connectivity index (χ3n) is 5.11. The number of hydrogen-bond acceptors (Lipinski definition) is 5. The van der Waals surface area contributed by atoms with E-state index >= 15 is 0 Å². The van der Waals surface area contributed by atoms with Crippen LogP contribution in [0.25, 0.3) is 0 Å². The molecule has 6 nitrogen and oxygen atoms in total. The molecule has 2 aliphatic heterocycles. The summed E-state index contributed by atoms with van der Waals surface area (Å²) in [5.41, 5.74) is 1.95. The summed E-state index contributed by atoms with van der Waals surface area (Å²) in [6.45, 7) is 12.1. The van der Waals surface area contributed by atoms with Gasteiger partial charge in [-0.1, -0.05) is 5.16 Å². The first-order valence-corrected chi connectivity index (χ1v) is 8.14. The SMILES string of the molecule is Cc1noc(C)c1CN1CCN(C(=O)C2(C)CCNC2)CC1. The van der Waals surface area contributed by atoms with E-state index in [0.29, 0.717) is 5.91 Å². The predicted octanol–water partition coefficient (Wildman–Crippen LogP) is 0.935. The normalized spacial score (nSPS) is 26.6. The highest BCUT2D eigenvalue weighted by Gasteiger charge is 2.39. The second kappa shape index (κ2) is 6.01. The van der Waals surface area contributed by atoms with Crippen molar-refractivity contribution in [3.8, 4) is 0 Å². The van der Waals surface area contributed by atoms with Crippen LogP contribution in [0.5, 0.6) is 0 Å². The van der Waals surface area contributed by atoms with E-state index in [0.717, 1.165) is 63.7 Å². The lowest BCUT2D eigenvalue weighted by molar-refractivity contribution is -0.142. The van der Waals surface area contributed by atoms with Crippen LogP contribution < -0.4 is 5.32 Å². The summed E-state index contributed by atoms with van der Waals surface area (Å²) in [6, 6.07) is 0. The molecule has 2 saturated heterocycles. The molecule has 0 saturated carbocycles. The molecule has 2 aliphatic rings. The lowest BCUT2D eigenvalue weighted by atomic mass is 9.88. The average Bonchev–Trinajstić information content (AvgIpc) is 3.09. The average molecular weight is 306 g/mol. The fourth-order valence-corrected chi connectivity index (χ4v) is 3.44. The highest BCUT2D eigenvalue weighted by atomic mass is 16.5. The van der Waals surface area contributed by atoms with Crippen molar-refractivity contribution in [3.05, 3.63) is 17.0 Å². The van der Waals surface area contributed by atoms with Gasteiger partial charge in [0.25, 0.3) is 0 Å². The molecular formula is C16H26N4O2. The Hall–Kier alpha value is -1.40. The van der Waals surface area contributed by atoms with E-state index in [1.807, 2.05) is 18.7 Å². The van der Waals surface area contributed by atoms with Gasteiger partial charge < -0.3 is 14.7 Å². The van der Waals surface area contributed by atoms with Crippen molar-refractivity contribution in [1.82, 2.24) is 20.3 Å². The van der Waals surface area contributed by atoms with E-state index in [2.05, 4.69) is 22.3 Å².